The number of hydrogen-bond donors (Lipinski definition) is 0. The standard InChI is InChI=1S/C40H46N2O3S/c1-6-7-12-26-41-33-24-22-29-16-8-10-18-31(29)37(33)39(2,3)35(41)20-15-21-36-40(4,5)38-32-19-11-9-17-30(32)23-25-34(38)42(36)27-13-14-28-46-45-44-43/h8-11,15-25H,6-7,12-14,26-28H2,1-5H3. The first kappa shape index (κ1) is 32.5. The minimum atomic E-state index is -0.176. The largest absolute Gasteiger partial charge is 0.691 e. The van der Waals surface area contributed by atoms with Crippen LogP contribution in [0.3, 0.4) is 0 Å². The third-order valence-corrected chi connectivity index (χ3v) is 10.5. The van der Waals surface area contributed by atoms with E-state index in [4.69, 9.17) is 0 Å². The maximum Gasteiger partial charge on any atom is 0.210 e. The van der Waals surface area contributed by atoms with Crippen LogP contribution in [0.25, 0.3) is 21.5 Å². The van der Waals surface area contributed by atoms with Gasteiger partial charge in [0.05, 0.1) is 5.41 Å². The van der Waals surface area contributed by atoms with E-state index in [-0.39, 0.29) is 10.8 Å². The van der Waals surface area contributed by atoms with Crippen molar-refractivity contribution >= 4 is 50.7 Å². The zero-order chi connectivity index (χ0) is 32.3. The molecule has 0 saturated heterocycles. The van der Waals surface area contributed by atoms with E-state index in [0.29, 0.717) is 5.75 Å². The number of hydrogen-bond acceptors (Lipinski definition) is 5. The second-order valence-corrected chi connectivity index (χ2v) is 14.4. The van der Waals surface area contributed by atoms with Gasteiger partial charge in [-0.15, -0.1) is 0 Å². The molecule has 6 heteroatoms. The Kier molecular flexibility index (Phi) is 9.72. The van der Waals surface area contributed by atoms with Gasteiger partial charge in [0, 0.05) is 65.3 Å². The van der Waals surface area contributed by atoms with Gasteiger partial charge in [-0.1, -0.05) is 87.9 Å². The van der Waals surface area contributed by atoms with Gasteiger partial charge in [0.2, 0.25) is 5.69 Å². The van der Waals surface area contributed by atoms with Gasteiger partial charge >= 0.3 is 0 Å². The van der Waals surface area contributed by atoms with E-state index in [1.54, 1.807) is 0 Å². The van der Waals surface area contributed by atoms with Crippen molar-refractivity contribution in [2.45, 2.75) is 77.6 Å². The molecule has 2 aliphatic heterocycles. The molecule has 0 aliphatic carbocycles. The van der Waals surface area contributed by atoms with Gasteiger partial charge in [0.25, 0.3) is 0 Å². The summed E-state index contributed by atoms with van der Waals surface area (Å²) in [5, 5.41) is 19.0. The van der Waals surface area contributed by atoms with E-state index in [1.165, 1.54) is 74.7 Å². The molecule has 0 amide bonds. The summed E-state index contributed by atoms with van der Waals surface area (Å²) in [6.07, 6.45) is 12.5. The molecule has 0 saturated carbocycles. The molecule has 0 spiro atoms. The lowest BCUT2D eigenvalue weighted by Crippen LogP contribution is -2.28. The van der Waals surface area contributed by atoms with Crippen LogP contribution in [0.4, 0.5) is 11.4 Å². The molecule has 0 radical (unpaired) electrons. The van der Waals surface area contributed by atoms with E-state index in [0.717, 1.165) is 38.0 Å². The fourth-order valence-corrected chi connectivity index (χ4v) is 8.22. The molecule has 0 aromatic heterocycles. The first-order valence-electron chi connectivity index (χ1n) is 16.7. The predicted octanol–water partition coefficient (Wildman–Crippen LogP) is 9.45. The van der Waals surface area contributed by atoms with Crippen molar-refractivity contribution in [2.75, 3.05) is 23.7 Å². The van der Waals surface area contributed by atoms with Crippen molar-refractivity contribution in [3.63, 3.8) is 0 Å². The van der Waals surface area contributed by atoms with Gasteiger partial charge in [-0.3, -0.25) is 5.04 Å². The van der Waals surface area contributed by atoms with Crippen LogP contribution in [0.15, 0.2) is 96.7 Å². The van der Waals surface area contributed by atoms with Crippen molar-refractivity contribution in [1.82, 2.24) is 0 Å². The van der Waals surface area contributed by atoms with Gasteiger partial charge in [-0.05, 0) is 78.4 Å². The number of fused-ring (bicyclic) bond motifs is 6. The average molecular weight is 635 g/mol. The van der Waals surface area contributed by atoms with E-state index < -0.39 is 0 Å². The topological polar surface area (TPSA) is 47.8 Å². The number of benzene rings is 4. The molecular weight excluding hydrogens is 589 g/mol. The van der Waals surface area contributed by atoms with Crippen LogP contribution < -0.4 is 10.2 Å². The number of unbranched alkanes of at least 4 members (excludes halogenated alkanes) is 3. The van der Waals surface area contributed by atoms with Crippen LogP contribution >= 0.6 is 12.0 Å². The monoisotopic (exact) mass is 634 g/mol. The molecule has 2 aliphatic rings. The molecule has 0 fully saturated rings. The summed E-state index contributed by atoms with van der Waals surface area (Å²) in [7, 11) is 0. The average Bonchev–Trinajstić information content (AvgIpc) is 3.41. The van der Waals surface area contributed by atoms with Crippen LogP contribution in [-0.4, -0.2) is 29.1 Å². The quantitative estimate of drug-likeness (QED) is 0.0482. The third-order valence-electron chi connectivity index (χ3n) is 9.94. The molecule has 0 N–H and O–H groups in total. The SMILES string of the molecule is CCCCC[N+]1=C(C=CC=C2N(CCCCSOO[O-])c3ccc4ccccc4c3C2(C)C)C(C)(C)c2c1ccc1ccccc21. The Labute approximate surface area is 278 Å². The summed E-state index contributed by atoms with van der Waals surface area (Å²) in [4.78, 5) is 2.51. The second kappa shape index (κ2) is 13.7. The summed E-state index contributed by atoms with van der Waals surface area (Å²) in [5.74, 6) is 0.708. The van der Waals surface area contributed by atoms with E-state index in [1.807, 2.05) is 0 Å². The van der Waals surface area contributed by atoms with Crippen LogP contribution in [-0.2, 0) is 20.2 Å². The first-order valence-corrected chi connectivity index (χ1v) is 17.7. The summed E-state index contributed by atoms with van der Waals surface area (Å²) >= 11 is 1.07. The second-order valence-electron chi connectivity index (χ2n) is 13.6. The Morgan fingerprint density at radius 2 is 1.50 bits per heavy atom. The lowest BCUT2D eigenvalue weighted by atomic mass is 9.79. The third kappa shape index (κ3) is 5.93. The van der Waals surface area contributed by atoms with Crippen molar-refractivity contribution in [1.29, 1.82) is 0 Å². The first-order chi connectivity index (χ1) is 22.3. The maximum absolute atomic E-state index is 10.2. The Hall–Kier alpha value is -3.42. The van der Waals surface area contributed by atoms with Crippen molar-refractivity contribution in [3.05, 3.63) is 108 Å². The van der Waals surface area contributed by atoms with Crippen LogP contribution in [0.5, 0.6) is 0 Å². The summed E-state index contributed by atoms with van der Waals surface area (Å²) < 4.78 is 7.07. The van der Waals surface area contributed by atoms with Crippen molar-refractivity contribution in [3.8, 4) is 0 Å². The lowest BCUT2D eigenvalue weighted by Gasteiger charge is -2.27. The molecule has 0 unspecified atom stereocenters. The van der Waals surface area contributed by atoms with Gasteiger partial charge in [0.15, 0.2) is 5.71 Å². The molecule has 0 atom stereocenters. The molecule has 46 heavy (non-hydrogen) atoms. The minimum Gasteiger partial charge on any atom is -0.691 e. The fraction of sp³-hybridized carbons (Fsp3) is 0.375. The molecule has 5 nitrogen and oxygen atoms in total. The van der Waals surface area contributed by atoms with Gasteiger partial charge < -0.3 is 10.2 Å². The Morgan fingerprint density at radius 3 is 2.22 bits per heavy atom. The van der Waals surface area contributed by atoms with E-state index >= 15 is 0 Å². The minimum absolute atomic E-state index is 0.130. The molecule has 4 aromatic rings. The number of rotatable bonds is 13. The molecular formula is C40H46N2O3S. The van der Waals surface area contributed by atoms with Gasteiger partial charge in [-0.25, -0.2) is 0 Å². The normalized spacial score (nSPS) is 17.6. The fourth-order valence-electron chi connectivity index (χ4n) is 7.79. The van der Waals surface area contributed by atoms with E-state index in [2.05, 4.69) is 144 Å². The van der Waals surface area contributed by atoms with Crippen molar-refractivity contribution < 1.29 is 19.2 Å². The predicted molar refractivity (Wildman–Crippen MR) is 192 cm³/mol. The zero-order valence-corrected chi connectivity index (χ0v) is 28.7. The summed E-state index contributed by atoms with van der Waals surface area (Å²) in [5.41, 5.74) is 7.80. The van der Waals surface area contributed by atoms with Crippen LogP contribution in [0, 0.1) is 0 Å². The number of nitrogens with zero attached hydrogens (tertiary/aromatic N) is 2. The van der Waals surface area contributed by atoms with E-state index in [9.17, 15) is 5.26 Å². The Balaban J connectivity index is 1.39. The van der Waals surface area contributed by atoms with Gasteiger partial charge in [-0.2, -0.15) is 8.91 Å². The summed E-state index contributed by atoms with van der Waals surface area (Å²) in [6.45, 7) is 13.7. The zero-order valence-electron chi connectivity index (χ0n) is 27.8. The number of allylic oxidation sites excluding steroid dienone is 4. The van der Waals surface area contributed by atoms with Crippen LogP contribution in [0.2, 0.25) is 0 Å². The highest BCUT2D eigenvalue weighted by atomic mass is 32.2. The number of anilines is 1. The smallest absolute Gasteiger partial charge is 0.210 e. The highest BCUT2D eigenvalue weighted by Crippen LogP contribution is 2.51. The lowest BCUT2D eigenvalue weighted by molar-refractivity contribution is -0.777. The molecule has 240 valence electrons. The van der Waals surface area contributed by atoms with Crippen molar-refractivity contribution in [2.24, 2.45) is 0 Å². The van der Waals surface area contributed by atoms with Crippen LogP contribution in [0.1, 0.15) is 77.8 Å². The molecule has 0 bridgehead atoms. The highest BCUT2D eigenvalue weighted by Gasteiger charge is 2.45. The molecule has 2 heterocycles. The summed E-state index contributed by atoms with van der Waals surface area (Å²) in [6, 6.07) is 26.7. The molecule has 4 aromatic carbocycles. The highest BCUT2D eigenvalue weighted by molar-refractivity contribution is 7.94. The Morgan fingerprint density at radius 1 is 0.804 bits per heavy atom. The molecule has 6 rings (SSSR count). The maximum atomic E-state index is 10.2. The Bertz CT molecular complexity index is 1820. The van der Waals surface area contributed by atoms with Gasteiger partial charge in [0.1, 0.15) is 6.54 Å².